The van der Waals surface area contributed by atoms with Gasteiger partial charge in [0.2, 0.25) is 0 Å². The minimum Gasteiger partial charge on any atom is -0.466 e. The third-order valence-electron chi connectivity index (χ3n) is 4.51. The zero-order chi connectivity index (χ0) is 18.1. The molecule has 2 fully saturated rings. The molecule has 0 aromatic carbocycles. The minimum absolute atomic E-state index is 0.0961. The average Bonchev–Trinajstić information content (AvgIpc) is 3.06. The van der Waals surface area contributed by atoms with Gasteiger partial charge < -0.3 is 9.84 Å². The van der Waals surface area contributed by atoms with Crippen LogP contribution in [-0.4, -0.2) is 36.1 Å². The average molecular weight is 348 g/mol. The number of hydrogen-bond acceptors (Lipinski definition) is 3. The van der Waals surface area contributed by atoms with Crippen molar-refractivity contribution in [2.24, 2.45) is 17.8 Å². The summed E-state index contributed by atoms with van der Waals surface area (Å²) in [6, 6.07) is 0. The number of esters is 1. The van der Waals surface area contributed by atoms with Crippen LogP contribution in [0.3, 0.4) is 0 Å². The van der Waals surface area contributed by atoms with Crippen LogP contribution < -0.4 is 0 Å². The lowest BCUT2D eigenvalue weighted by Crippen LogP contribution is -2.62. The second-order valence-electron chi connectivity index (χ2n) is 5.77. The van der Waals surface area contributed by atoms with Gasteiger partial charge in [-0.15, -0.1) is 0 Å². The summed E-state index contributed by atoms with van der Waals surface area (Å²) in [7, 11) is 1.31. The number of hydrogen-bond donors (Lipinski definition) is 1. The number of carbonyl (C=O) groups excluding carboxylic acids is 1. The molecule has 2 saturated carbocycles. The van der Waals surface area contributed by atoms with Crippen LogP contribution in [0.25, 0.3) is 0 Å². The summed E-state index contributed by atoms with van der Waals surface area (Å²) in [5.74, 6) is -2.88. The first-order valence-corrected chi connectivity index (χ1v) is 6.94. The van der Waals surface area contributed by atoms with Gasteiger partial charge in [-0.3, -0.25) is 0 Å². The van der Waals surface area contributed by atoms with Gasteiger partial charge in [0.15, 0.2) is 0 Å². The van der Waals surface area contributed by atoms with Crippen molar-refractivity contribution in [3.05, 3.63) is 12.7 Å². The largest absolute Gasteiger partial charge is 0.466 e. The molecule has 3 unspecified atom stereocenters. The van der Waals surface area contributed by atoms with Gasteiger partial charge in [-0.25, -0.2) is 4.79 Å². The number of methoxy groups -OCH3 is 1. The first-order valence-electron chi connectivity index (χ1n) is 6.94. The summed E-state index contributed by atoms with van der Waals surface area (Å²) in [5.41, 5.74) is -4.54. The third kappa shape index (κ3) is 3.81. The maximum Gasteiger partial charge on any atom is 0.426 e. The van der Waals surface area contributed by atoms with Gasteiger partial charge in [0.1, 0.15) is 0 Å². The molecule has 2 rings (SSSR count). The fraction of sp³-hybridized carbons (Fsp3) is 0.786. The highest BCUT2D eigenvalue weighted by atomic mass is 19.4. The van der Waals surface area contributed by atoms with Gasteiger partial charge in [-0.1, -0.05) is 13.0 Å². The first kappa shape index (κ1) is 19.8. The summed E-state index contributed by atoms with van der Waals surface area (Å²) >= 11 is 0. The Balaban J connectivity index is 0.000000379. The molecular formula is C14H18F6O3. The molecule has 0 aromatic rings. The molecule has 3 atom stereocenters. The van der Waals surface area contributed by atoms with Gasteiger partial charge in [0.25, 0.3) is 5.60 Å². The Morgan fingerprint density at radius 1 is 1.13 bits per heavy atom. The van der Waals surface area contributed by atoms with Gasteiger partial charge in [-0.2, -0.15) is 26.3 Å². The Morgan fingerprint density at radius 2 is 1.65 bits per heavy atom. The number of fused-ring (bicyclic) bond motifs is 2. The predicted octanol–water partition coefficient (Wildman–Crippen LogP) is 3.62. The molecule has 0 aromatic heterocycles. The smallest absolute Gasteiger partial charge is 0.426 e. The van der Waals surface area contributed by atoms with E-state index >= 15 is 0 Å². The van der Waals surface area contributed by atoms with E-state index in [1.54, 1.807) is 0 Å². The summed E-state index contributed by atoms with van der Waals surface area (Å²) in [6.45, 7) is 3.16. The highest BCUT2D eigenvalue weighted by Crippen LogP contribution is 2.59. The van der Waals surface area contributed by atoms with E-state index in [-0.39, 0.29) is 12.3 Å². The van der Waals surface area contributed by atoms with Crippen molar-refractivity contribution < 1.29 is 41.0 Å². The Morgan fingerprint density at radius 3 is 1.87 bits per heavy atom. The van der Waals surface area contributed by atoms with E-state index in [1.165, 1.54) is 7.11 Å². The van der Waals surface area contributed by atoms with E-state index in [9.17, 15) is 36.2 Å². The predicted molar refractivity (Wildman–Crippen MR) is 68.2 cm³/mol. The van der Waals surface area contributed by atoms with Crippen LogP contribution in [0.1, 0.15) is 25.7 Å². The first-order chi connectivity index (χ1) is 10.4. The van der Waals surface area contributed by atoms with Gasteiger partial charge >= 0.3 is 18.3 Å². The van der Waals surface area contributed by atoms with E-state index < -0.39 is 35.8 Å². The second-order valence-corrected chi connectivity index (χ2v) is 5.77. The van der Waals surface area contributed by atoms with Crippen LogP contribution in [0.5, 0.6) is 0 Å². The zero-order valence-electron chi connectivity index (χ0n) is 12.4. The van der Waals surface area contributed by atoms with Gasteiger partial charge in [0.05, 0.1) is 7.11 Å². The lowest BCUT2D eigenvalue weighted by molar-refractivity contribution is -0.388. The van der Waals surface area contributed by atoms with Crippen LogP contribution in [-0.2, 0) is 9.53 Å². The Kier molecular flexibility index (Phi) is 5.77. The van der Waals surface area contributed by atoms with Crippen LogP contribution in [0.2, 0.25) is 0 Å². The monoisotopic (exact) mass is 348 g/mol. The molecular weight excluding hydrogens is 330 g/mol. The Labute approximate surface area is 129 Å². The molecule has 23 heavy (non-hydrogen) atoms. The highest BCUT2D eigenvalue weighted by Gasteiger charge is 2.75. The molecule has 0 heterocycles. The molecule has 2 bridgehead atoms. The number of aliphatic hydroxyl groups is 1. The third-order valence-corrected chi connectivity index (χ3v) is 4.51. The molecule has 3 nitrogen and oxygen atoms in total. The van der Waals surface area contributed by atoms with E-state index in [0.29, 0.717) is 19.3 Å². The lowest BCUT2D eigenvalue weighted by atomic mass is 9.75. The zero-order valence-corrected chi connectivity index (χ0v) is 12.4. The van der Waals surface area contributed by atoms with Gasteiger partial charge in [0, 0.05) is 12.0 Å². The normalized spacial score (nSPS) is 27.2. The summed E-state index contributed by atoms with van der Waals surface area (Å²) in [4.78, 5) is 9.84. The lowest BCUT2D eigenvalue weighted by Gasteiger charge is -2.40. The van der Waals surface area contributed by atoms with Crippen molar-refractivity contribution in [3.8, 4) is 0 Å². The van der Waals surface area contributed by atoms with Crippen molar-refractivity contribution in [3.63, 3.8) is 0 Å². The molecule has 0 radical (unpaired) electrons. The molecule has 0 amide bonds. The number of carbonyl (C=O) groups is 1. The number of halogens is 6. The molecule has 9 heteroatoms. The second kappa shape index (κ2) is 6.70. The fourth-order valence-corrected chi connectivity index (χ4v) is 3.42. The quantitative estimate of drug-likeness (QED) is 0.471. The highest BCUT2D eigenvalue weighted by molar-refractivity contribution is 5.80. The molecule has 1 N–H and O–H groups in total. The molecule has 2 aliphatic rings. The number of alkyl halides is 6. The van der Waals surface area contributed by atoms with Crippen molar-refractivity contribution in [1.82, 2.24) is 0 Å². The summed E-state index contributed by atoms with van der Waals surface area (Å²) < 4.78 is 79.8. The molecule has 0 spiro atoms. The molecule has 134 valence electrons. The van der Waals surface area contributed by atoms with Crippen molar-refractivity contribution >= 4 is 5.97 Å². The van der Waals surface area contributed by atoms with Crippen molar-refractivity contribution in [1.29, 1.82) is 0 Å². The standard InChI is InChI=1S/C10H12F6O.C4H6O2/c11-9(12,13)8(17,10(14,15)16)7-4-5-1-2-6(7)3-5;1-3-4(5)6-2/h5-7,17H,1-4H2;3H,1H2,2H3. The van der Waals surface area contributed by atoms with E-state index in [0.717, 1.165) is 6.08 Å². The van der Waals surface area contributed by atoms with Crippen LogP contribution >= 0.6 is 0 Å². The van der Waals surface area contributed by atoms with Crippen LogP contribution in [0.4, 0.5) is 26.3 Å². The van der Waals surface area contributed by atoms with Crippen molar-refractivity contribution in [2.75, 3.05) is 7.11 Å². The van der Waals surface area contributed by atoms with E-state index in [2.05, 4.69) is 11.3 Å². The molecule has 0 saturated heterocycles. The van der Waals surface area contributed by atoms with Gasteiger partial charge in [-0.05, 0) is 31.1 Å². The number of ether oxygens (including phenoxy) is 1. The Hall–Kier alpha value is -1.25. The maximum absolute atomic E-state index is 12.6. The van der Waals surface area contributed by atoms with E-state index in [1.807, 2.05) is 0 Å². The maximum atomic E-state index is 12.6. The molecule has 0 aliphatic heterocycles. The molecule has 2 aliphatic carbocycles. The van der Waals surface area contributed by atoms with Crippen LogP contribution in [0.15, 0.2) is 12.7 Å². The summed E-state index contributed by atoms with van der Waals surface area (Å²) in [5, 5.41) is 9.26. The fourth-order valence-electron chi connectivity index (χ4n) is 3.42. The SMILES string of the molecule is C=CC(=O)OC.OC(C1CC2CCC1C2)(C(F)(F)F)C(F)(F)F. The minimum atomic E-state index is -5.67. The van der Waals surface area contributed by atoms with Crippen molar-refractivity contribution in [2.45, 2.75) is 43.6 Å². The topological polar surface area (TPSA) is 46.5 Å². The Bertz CT molecular complexity index is 429. The van der Waals surface area contributed by atoms with E-state index in [4.69, 9.17) is 0 Å². The van der Waals surface area contributed by atoms with Crippen LogP contribution in [0, 0.1) is 17.8 Å². The summed E-state index contributed by atoms with van der Waals surface area (Å²) in [6.07, 6.45) is -9.00. The number of rotatable bonds is 2.